The summed E-state index contributed by atoms with van der Waals surface area (Å²) in [5.41, 5.74) is 1.17. The Morgan fingerprint density at radius 1 is 1.42 bits per heavy atom. The maximum atomic E-state index is 11.4. The van der Waals surface area contributed by atoms with Crippen molar-refractivity contribution in [3.63, 3.8) is 0 Å². The van der Waals surface area contributed by atoms with E-state index in [4.69, 9.17) is 4.74 Å². The molecule has 0 radical (unpaired) electrons. The molecule has 0 fully saturated rings. The fraction of sp³-hybridized carbons (Fsp3) is 0.500. The molecule has 0 atom stereocenters. The van der Waals surface area contributed by atoms with Gasteiger partial charge in [0.25, 0.3) is 5.91 Å². The van der Waals surface area contributed by atoms with Crippen LogP contribution in [0.4, 0.5) is 0 Å². The Morgan fingerprint density at radius 3 is 2.63 bits per heavy atom. The van der Waals surface area contributed by atoms with Crippen LogP contribution < -0.4 is 10.1 Å². The molecular formula is C14H21BrN2O2. The van der Waals surface area contributed by atoms with Gasteiger partial charge in [-0.15, -0.1) is 0 Å². The van der Waals surface area contributed by atoms with Crippen molar-refractivity contribution in [3.05, 3.63) is 28.2 Å². The maximum absolute atomic E-state index is 11.4. The molecule has 1 aromatic rings. The van der Waals surface area contributed by atoms with Gasteiger partial charge in [-0.25, -0.2) is 0 Å². The van der Waals surface area contributed by atoms with Gasteiger partial charge in [-0.2, -0.15) is 0 Å². The Balaban J connectivity index is 2.59. The van der Waals surface area contributed by atoms with Crippen molar-refractivity contribution >= 4 is 21.8 Å². The number of carbonyl (C=O) groups excluding carboxylic acids is 1. The molecule has 0 unspecified atom stereocenters. The summed E-state index contributed by atoms with van der Waals surface area (Å²) in [6.45, 7) is 5.08. The van der Waals surface area contributed by atoms with Gasteiger partial charge in [0, 0.05) is 26.7 Å². The second-order valence-corrected chi connectivity index (χ2v) is 5.73. The number of rotatable bonds is 6. The van der Waals surface area contributed by atoms with Crippen LogP contribution in [0.1, 0.15) is 19.4 Å². The third kappa shape index (κ3) is 5.61. The van der Waals surface area contributed by atoms with Gasteiger partial charge in [-0.05, 0) is 33.6 Å². The highest BCUT2D eigenvalue weighted by atomic mass is 79.9. The number of nitrogens with zero attached hydrogens (tertiary/aromatic N) is 1. The normalized spacial score (nSPS) is 10.6. The van der Waals surface area contributed by atoms with Crippen molar-refractivity contribution in [2.45, 2.75) is 26.4 Å². The third-order valence-corrected chi connectivity index (χ3v) is 3.18. The minimum absolute atomic E-state index is 0.0508. The number of carbonyl (C=O) groups is 1. The molecule has 4 nitrogen and oxygen atoms in total. The van der Waals surface area contributed by atoms with E-state index in [0.717, 1.165) is 11.0 Å². The fourth-order valence-electron chi connectivity index (χ4n) is 1.36. The first kappa shape index (κ1) is 16.0. The lowest BCUT2D eigenvalue weighted by Gasteiger charge is -2.13. The minimum atomic E-state index is -0.0579. The second kappa shape index (κ2) is 7.50. The van der Waals surface area contributed by atoms with Crippen LogP contribution in [-0.2, 0) is 11.3 Å². The number of hydrogen-bond acceptors (Lipinski definition) is 3. The zero-order chi connectivity index (χ0) is 14.4. The summed E-state index contributed by atoms with van der Waals surface area (Å²) < 4.78 is 6.35. The van der Waals surface area contributed by atoms with Gasteiger partial charge in [-0.1, -0.05) is 19.9 Å². The first-order chi connectivity index (χ1) is 8.90. The maximum Gasteiger partial charge on any atom is 0.259 e. The molecule has 106 valence electrons. The summed E-state index contributed by atoms with van der Waals surface area (Å²) in [5.74, 6) is 0.626. The molecule has 0 saturated heterocycles. The van der Waals surface area contributed by atoms with Crippen molar-refractivity contribution in [2.24, 2.45) is 0 Å². The highest BCUT2D eigenvalue weighted by Crippen LogP contribution is 2.26. The molecule has 0 saturated carbocycles. The fourth-order valence-corrected chi connectivity index (χ4v) is 1.90. The molecule has 1 aromatic carbocycles. The number of likely N-dealkylation sites (N-methyl/N-ethyl adjacent to an activating group) is 1. The average Bonchev–Trinajstić information content (AvgIpc) is 2.34. The first-order valence-electron chi connectivity index (χ1n) is 6.25. The largest absolute Gasteiger partial charge is 0.483 e. The number of halogens is 1. The molecule has 0 aliphatic heterocycles. The summed E-state index contributed by atoms with van der Waals surface area (Å²) in [7, 11) is 3.42. The van der Waals surface area contributed by atoms with Crippen molar-refractivity contribution < 1.29 is 9.53 Å². The lowest BCUT2D eigenvalue weighted by molar-refractivity contribution is -0.130. The second-order valence-electron chi connectivity index (χ2n) is 4.88. The van der Waals surface area contributed by atoms with Crippen molar-refractivity contribution in [1.82, 2.24) is 10.2 Å². The van der Waals surface area contributed by atoms with Gasteiger partial charge < -0.3 is 15.0 Å². The van der Waals surface area contributed by atoms with Gasteiger partial charge in [0.2, 0.25) is 0 Å². The highest BCUT2D eigenvalue weighted by Gasteiger charge is 2.08. The summed E-state index contributed by atoms with van der Waals surface area (Å²) in [6.07, 6.45) is 0. The molecule has 0 heterocycles. The van der Waals surface area contributed by atoms with Crippen LogP contribution in [0.5, 0.6) is 5.75 Å². The van der Waals surface area contributed by atoms with E-state index in [1.165, 1.54) is 10.5 Å². The Morgan fingerprint density at radius 2 is 2.11 bits per heavy atom. The smallest absolute Gasteiger partial charge is 0.259 e. The third-order valence-electron chi connectivity index (χ3n) is 2.56. The lowest BCUT2D eigenvalue weighted by atomic mass is 10.2. The Kier molecular flexibility index (Phi) is 6.31. The van der Waals surface area contributed by atoms with E-state index >= 15 is 0 Å². The SMILES string of the molecule is CC(C)NCc1ccc(OCC(=O)N(C)C)c(Br)c1. The monoisotopic (exact) mass is 328 g/mol. The van der Waals surface area contributed by atoms with Crippen molar-refractivity contribution in [3.8, 4) is 5.75 Å². The van der Waals surface area contributed by atoms with Crippen LogP contribution in [0.3, 0.4) is 0 Å². The number of hydrogen-bond donors (Lipinski definition) is 1. The summed E-state index contributed by atoms with van der Waals surface area (Å²) >= 11 is 3.46. The lowest BCUT2D eigenvalue weighted by Crippen LogP contribution is -2.27. The van der Waals surface area contributed by atoms with Crippen LogP contribution in [-0.4, -0.2) is 37.6 Å². The molecule has 5 heteroatoms. The van der Waals surface area contributed by atoms with Gasteiger partial charge in [0.15, 0.2) is 6.61 Å². The number of nitrogens with one attached hydrogen (secondary N) is 1. The van der Waals surface area contributed by atoms with Crippen LogP contribution >= 0.6 is 15.9 Å². The predicted molar refractivity (Wildman–Crippen MR) is 80.3 cm³/mol. The average molecular weight is 329 g/mol. The molecule has 0 aromatic heterocycles. The Hall–Kier alpha value is -1.07. The predicted octanol–water partition coefficient (Wildman–Crippen LogP) is 2.41. The molecule has 1 rings (SSSR count). The number of ether oxygens (including phenoxy) is 1. The van der Waals surface area contributed by atoms with E-state index in [1.54, 1.807) is 14.1 Å². The van der Waals surface area contributed by atoms with Crippen LogP contribution in [0.2, 0.25) is 0 Å². The molecule has 19 heavy (non-hydrogen) atoms. The number of benzene rings is 1. The zero-order valence-corrected chi connectivity index (χ0v) is 13.5. The van der Waals surface area contributed by atoms with Crippen molar-refractivity contribution in [1.29, 1.82) is 0 Å². The summed E-state index contributed by atoms with van der Waals surface area (Å²) in [6, 6.07) is 6.33. The van der Waals surface area contributed by atoms with Gasteiger partial charge >= 0.3 is 0 Å². The molecule has 0 aliphatic carbocycles. The van der Waals surface area contributed by atoms with E-state index in [1.807, 2.05) is 18.2 Å². The minimum Gasteiger partial charge on any atom is -0.483 e. The van der Waals surface area contributed by atoms with Crippen molar-refractivity contribution in [2.75, 3.05) is 20.7 Å². The van der Waals surface area contributed by atoms with Crippen LogP contribution in [0.15, 0.2) is 22.7 Å². The number of amides is 1. The summed E-state index contributed by atoms with van der Waals surface area (Å²) in [5, 5.41) is 3.35. The van der Waals surface area contributed by atoms with Gasteiger partial charge in [0.05, 0.1) is 4.47 Å². The molecular weight excluding hydrogens is 308 g/mol. The first-order valence-corrected chi connectivity index (χ1v) is 7.04. The molecule has 1 amide bonds. The standard InChI is InChI=1S/C14H21BrN2O2/c1-10(2)16-8-11-5-6-13(12(15)7-11)19-9-14(18)17(3)4/h5-7,10,16H,8-9H2,1-4H3. The molecule has 0 spiro atoms. The zero-order valence-electron chi connectivity index (χ0n) is 11.9. The van der Waals surface area contributed by atoms with E-state index < -0.39 is 0 Å². The Labute approximate surface area is 123 Å². The van der Waals surface area contributed by atoms with E-state index in [9.17, 15) is 4.79 Å². The van der Waals surface area contributed by atoms with Gasteiger partial charge in [0.1, 0.15) is 5.75 Å². The highest BCUT2D eigenvalue weighted by molar-refractivity contribution is 9.10. The molecule has 1 N–H and O–H groups in total. The Bertz CT molecular complexity index is 433. The molecule has 0 aliphatic rings. The van der Waals surface area contributed by atoms with Gasteiger partial charge in [-0.3, -0.25) is 4.79 Å². The molecule has 0 bridgehead atoms. The topological polar surface area (TPSA) is 41.6 Å². The van der Waals surface area contributed by atoms with Crippen LogP contribution in [0, 0.1) is 0 Å². The van der Waals surface area contributed by atoms with Crippen LogP contribution in [0.25, 0.3) is 0 Å². The quantitative estimate of drug-likeness (QED) is 0.871. The summed E-state index contributed by atoms with van der Waals surface area (Å²) in [4.78, 5) is 13.0. The van der Waals surface area contributed by atoms with E-state index in [2.05, 4.69) is 35.1 Å². The van der Waals surface area contributed by atoms with E-state index in [0.29, 0.717) is 11.8 Å². The van der Waals surface area contributed by atoms with E-state index in [-0.39, 0.29) is 12.5 Å².